The average Bonchev–Trinajstić information content (AvgIpc) is 2.67. The number of aromatic nitrogens is 3. The van der Waals surface area contributed by atoms with Crippen molar-refractivity contribution in [2.24, 2.45) is 0 Å². The summed E-state index contributed by atoms with van der Waals surface area (Å²) >= 11 is 0. The number of aliphatic carboxylic acids is 1. The first-order chi connectivity index (χ1) is 7.25. The van der Waals surface area contributed by atoms with E-state index in [1.54, 1.807) is 6.20 Å². The molecule has 2 aromatic rings. The molecule has 1 aromatic heterocycles. The summed E-state index contributed by atoms with van der Waals surface area (Å²) < 4.78 is 1.23. The van der Waals surface area contributed by atoms with Crippen LogP contribution < -0.4 is 5.11 Å². The highest BCUT2D eigenvalue weighted by molar-refractivity contribution is 5.64. The smallest absolute Gasteiger partial charge is 0.113 e. The molecule has 5 heteroatoms. The minimum absolute atomic E-state index is 0.278. The summed E-state index contributed by atoms with van der Waals surface area (Å²) in [6, 6.07) is 9.43. The van der Waals surface area contributed by atoms with Crippen molar-refractivity contribution < 1.29 is 9.90 Å². The van der Waals surface area contributed by atoms with E-state index in [4.69, 9.17) is 0 Å². The minimum Gasteiger partial charge on any atom is -0.548 e. The Kier molecular flexibility index (Phi) is 2.45. The summed E-state index contributed by atoms with van der Waals surface area (Å²) in [5, 5.41) is 17.9. The van der Waals surface area contributed by atoms with E-state index >= 15 is 0 Å². The monoisotopic (exact) mass is 202 g/mol. The van der Waals surface area contributed by atoms with Crippen LogP contribution in [0.4, 0.5) is 0 Å². The number of nitrogens with zero attached hydrogens (tertiary/aromatic N) is 3. The van der Waals surface area contributed by atoms with Crippen molar-refractivity contribution in [3.05, 3.63) is 36.5 Å². The average molecular weight is 202 g/mol. The van der Waals surface area contributed by atoms with Gasteiger partial charge in [-0.3, -0.25) is 0 Å². The van der Waals surface area contributed by atoms with Crippen LogP contribution in [0.15, 0.2) is 36.5 Å². The van der Waals surface area contributed by atoms with E-state index in [2.05, 4.69) is 10.3 Å². The predicted octanol–water partition coefficient (Wildman–Crippen LogP) is -0.305. The van der Waals surface area contributed by atoms with Crippen LogP contribution in [-0.4, -0.2) is 21.0 Å². The highest BCUT2D eigenvalue weighted by atomic mass is 16.4. The van der Waals surface area contributed by atoms with E-state index in [-0.39, 0.29) is 6.54 Å². The van der Waals surface area contributed by atoms with E-state index in [9.17, 15) is 9.90 Å². The van der Waals surface area contributed by atoms with E-state index in [0.717, 1.165) is 5.56 Å². The van der Waals surface area contributed by atoms with Crippen molar-refractivity contribution in [1.29, 1.82) is 0 Å². The molecule has 0 aliphatic carbocycles. The largest absolute Gasteiger partial charge is 0.548 e. The van der Waals surface area contributed by atoms with Crippen LogP contribution in [0.25, 0.3) is 11.3 Å². The second-order valence-electron chi connectivity index (χ2n) is 3.04. The van der Waals surface area contributed by atoms with Crippen LogP contribution in [0.1, 0.15) is 0 Å². The number of carbonyl (C=O) groups excluding carboxylic acids is 1. The lowest BCUT2D eigenvalue weighted by molar-refractivity contribution is -0.306. The van der Waals surface area contributed by atoms with E-state index in [1.165, 1.54) is 4.68 Å². The van der Waals surface area contributed by atoms with Crippen LogP contribution in [0.3, 0.4) is 0 Å². The van der Waals surface area contributed by atoms with Crippen LogP contribution in [0.5, 0.6) is 0 Å². The SMILES string of the molecule is O=C([O-])Cn1cc(-c2ccccc2)nn1. The number of carboxylic acids is 1. The molecule has 15 heavy (non-hydrogen) atoms. The molecule has 0 radical (unpaired) electrons. The fourth-order valence-corrected chi connectivity index (χ4v) is 1.25. The summed E-state index contributed by atoms with van der Waals surface area (Å²) in [4.78, 5) is 10.3. The van der Waals surface area contributed by atoms with Gasteiger partial charge in [0.25, 0.3) is 0 Å². The molecule has 0 saturated heterocycles. The van der Waals surface area contributed by atoms with Gasteiger partial charge in [-0.15, -0.1) is 5.10 Å². The molecule has 0 atom stereocenters. The maximum atomic E-state index is 10.3. The van der Waals surface area contributed by atoms with Gasteiger partial charge < -0.3 is 9.90 Å². The highest BCUT2D eigenvalue weighted by Gasteiger charge is 2.02. The normalized spacial score (nSPS) is 10.1. The topological polar surface area (TPSA) is 70.8 Å². The molecule has 0 unspecified atom stereocenters. The standard InChI is InChI=1S/C10H9N3O2/c14-10(15)7-13-6-9(11-12-13)8-4-2-1-3-5-8/h1-6H,7H2,(H,14,15)/p-1. The van der Waals surface area contributed by atoms with Gasteiger partial charge in [0.1, 0.15) is 5.69 Å². The van der Waals surface area contributed by atoms with Gasteiger partial charge in [-0.25, -0.2) is 4.68 Å². The Morgan fingerprint density at radius 2 is 2.07 bits per heavy atom. The first kappa shape index (κ1) is 9.39. The summed E-state index contributed by atoms with van der Waals surface area (Å²) in [6.45, 7) is -0.278. The quantitative estimate of drug-likeness (QED) is 0.684. The molecular weight excluding hydrogens is 194 g/mol. The van der Waals surface area contributed by atoms with Crippen LogP contribution in [0.2, 0.25) is 0 Å². The Balaban J connectivity index is 2.24. The van der Waals surface area contributed by atoms with Crippen molar-refractivity contribution in [2.45, 2.75) is 6.54 Å². The lowest BCUT2D eigenvalue weighted by Gasteiger charge is -1.98. The molecule has 1 aromatic carbocycles. The van der Waals surface area contributed by atoms with Crippen molar-refractivity contribution in [3.8, 4) is 11.3 Å². The fourth-order valence-electron chi connectivity index (χ4n) is 1.25. The zero-order valence-corrected chi connectivity index (χ0v) is 7.83. The summed E-state index contributed by atoms with van der Waals surface area (Å²) in [7, 11) is 0. The Morgan fingerprint density at radius 3 is 2.73 bits per heavy atom. The number of carboxylic acid groups (broad SMARTS) is 1. The molecule has 0 N–H and O–H groups in total. The molecule has 76 valence electrons. The summed E-state index contributed by atoms with van der Waals surface area (Å²) in [6.07, 6.45) is 1.57. The molecular formula is C10H8N3O2-. The molecule has 0 bridgehead atoms. The number of carbonyl (C=O) groups is 1. The van der Waals surface area contributed by atoms with Gasteiger partial charge in [0, 0.05) is 5.56 Å². The highest BCUT2D eigenvalue weighted by Crippen LogP contribution is 2.14. The maximum Gasteiger partial charge on any atom is 0.113 e. The second kappa shape index (κ2) is 3.91. The van der Waals surface area contributed by atoms with E-state index in [1.807, 2.05) is 30.3 Å². The molecule has 5 nitrogen and oxygen atoms in total. The van der Waals surface area contributed by atoms with E-state index < -0.39 is 5.97 Å². The zero-order chi connectivity index (χ0) is 10.7. The van der Waals surface area contributed by atoms with E-state index in [0.29, 0.717) is 5.69 Å². The minimum atomic E-state index is -1.18. The number of hydrogen-bond acceptors (Lipinski definition) is 4. The lowest BCUT2D eigenvalue weighted by Crippen LogP contribution is -2.27. The zero-order valence-electron chi connectivity index (χ0n) is 7.83. The molecule has 0 aliphatic rings. The second-order valence-corrected chi connectivity index (χ2v) is 3.04. The Bertz CT molecular complexity index is 465. The molecule has 0 fully saturated rings. The first-order valence-electron chi connectivity index (χ1n) is 4.41. The van der Waals surface area contributed by atoms with Gasteiger partial charge in [0.15, 0.2) is 0 Å². The van der Waals surface area contributed by atoms with Gasteiger partial charge >= 0.3 is 0 Å². The van der Waals surface area contributed by atoms with Crippen LogP contribution >= 0.6 is 0 Å². The maximum absolute atomic E-state index is 10.3. The predicted molar refractivity (Wildman–Crippen MR) is 50.5 cm³/mol. The van der Waals surface area contributed by atoms with Gasteiger partial charge in [0.2, 0.25) is 0 Å². The Morgan fingerprint density at radius 1 is 1.33 bits per heavy atom. The molecule has 0 aliphatic heterocycles. The number of hydrogen-bond donors (Lipinski definition) is 0. The third-order valence-corrected chi connectivity index (χ3v) is 1.90. The van der Waals surface area contributed by atoms with Crippen molar-refractivity contribution >= 4 is 5.97 Å². The van der Waals surface area contributed by atoms with Gasteiger partial charge in [-0.05, 0) is 0 Å². The molecule has 0 amide bonds. The van der Waals surface area contributed by atoms with Crippen LogP contribution in [-0.2, 0) is 11.3 Å². The van der Waals surface area contributed by atoms with Crippen LogP contribution in [0, 0.1) is 0 Å². The Hall–Kier alpha value is -2.17. The molecule has 0 spiro atoms. The lowest BCUT2D eigenvalue weighted by atomic mass is 10.2. The van der Waals surface area contributed by atoms with Crippen molar-refractivity contribution in [1.82, 2.24) is 15.0 Å². The van der Waals surface area contributed by atoms with Crippen molar-refractivity contribution in [2.75, 3.05) is 0 Å². The first-order valence-corrected chi connectivity index (χ1v) is 4.41. The summed E-state index contributed by atoms with van der Waals surface area (Å²) in [5.41, 5.74) is 1.55. The fraction of sp³-hybridized carbons (Fsp3) is 0.100. The third kappa shape index (κ3) is 2.19. The third-order valence-electron chi connectivity index (χ3n) is 1.90. The molecule has 1 heterocycles. The number of benzene rings is 1. The van der Waals surface area contributed by atoms with Crippen molar-refractivity contribution in [3.63, 3.8) is 0 Å². The summed E-state index contributed by atoms with van der Waals surface area (Å²) in [5.74, 6) is -1.18. The van der Waals surface area contributed by atoms with Gasteiger partial charge in [0.05, 0.1) is 18.7 Å². The molecule has 0 saturated carbocycles. The van der Waals surface area contributed by atoms with Gasteiger partial charge in [-0.1, -0.05) is 35.5 Å². The number of rotatable bonds is 3. The van der Waals surface area contributed by atoms with Gasteiger partial charge in [-0.2, -0.15) is 0 Å². The molecule has 2 rings (SSSR count). The Labute approximate surface area is 86.0 Å².